The van der Waals surface area contributed by atoms with Crippen LogP contribution in [0.3, 0.4) is 0 Å². The Labute approximate surface area is 217 Å². The molecule has 0 spiro atoms. The van der Waals surface area contributed by atoms with Crippen LogP contribution in [0.15, 0.2) is 97.3 Å². The molecule has 0 saturated heterocycles. The van der Waals surface area contributed by atoms with Crippen LogP contribution in [0.4, 0.5) is 0 Å². The van der Waals surface area contributed by atoms with Gasteiger partial charge in [-0.25, -0.2) is 9.36 Å². The number of nitrogens with zero attached hydrogens (tertiary/aromatic N) is 4. The molecule has 1 amide bonds. The second-order valence-electron chi connectivity index (χ2n) is 7.90. The molecule has 180 valence electrons. The van der Waals surface area contributed by atoms with Crippen molar-refractivity contribution < 1.29 is 9.53 Å². The monoisotopic (exact) mass is 517 g/mol. The van der Waals surface area contributed by atoms with Gasteiger partial charge in [-0.15, -0.1) is 0 Å². The van der Waals surface area contributed by atoms with E-state index in [2.05, 4.69) is 10.4 Å². The number of carbonyl (C=O) groups is 1. The van der Waals surface area contributed by atoms with Gasteiger partial charge in [-0.1, -0.05) is 77.8 Å². The predicted octanol–water partition coefficient (Wildman–Crippen LogP) is 6.01. The topological polar surface area (TPSA) is 74.0 Å². The lowest BCUT2D eigenvalue weighted by Gasteiger charge is -2.08. The maximum absolute atomic E-state index is 12.8. The molecular weight excluding hydrogens is 497 g/mol. The Morgan fingerprint density at radius 3 is 2.42 bits per heavy atom. The highest BCUT2D eigenvalue weighted by atomic mass is 35.5. The van der Waals surface area contributed by atoms with E-state index in [9.17, 15) is 4.79 Å². The number of benzene rings is 3. The van der Waals surface area contributed by atoms with Gasteiger partial charge in [0.1, 0.15) is 16.5 Å². The van der Waals surface area contributed by atoms with Gasteiger partial charge in [-0.05, 0) is 30.3 Å². The molecule has 0 fully saturated rings. The smallest absolute Gasteiger partial charge is 0.272 e. The highest BCUT2D eigenvalue weighted by molar-refractivity contribution is 6.42. The van der Waals surface area contributed by atoms with Crippen LogP contribution in [0.5, 0.6) is 5.75 Å². The predicted molar refractivity (Wildman–Crippen MR) is 139 cm³/mol. The molecule has 0 radical (unpaired) electrons. The van der Waals surface area contributed by atoms with Crippen molar-refractivity contribution in [2.75, 3.05) is 0 Å². The zero-order valence-electron chi connectivity index (χ0n) is 19.0. The molecule has 9 heteroatoms. The van der Waals surface area contributed by atoms with E-state index in [1.54, 1.807) is 30.5 Å². The standard InChI is InChI=1S/C27H21Cl2N5O2/c28-22-12-7-13-24(25(22)29)36-18-33-15-14-23(31-33)27(35)30-16-20-17-34(21-10-5-2-6-11-21)32-26(20)19-8-3-1-4-9-19/h1-15,17H,16,18H2,(H,30,35). The Morgan fingerprint density at radius 1 is 0.889 bits per heavy atom. The molecule has 0 bridgehead atoms. The SMILES string of the molecule is O=C(NCc1cn(-c2ccccc2)nc1-c1ccccc1)c1ccn(COc2cccc(Cl)c2Cl)n1. The minimum atomic E-state index is -0.305. The first-order valence-corrected chi connectivity index (χ1v) is 11.9. The van der Waals surface area contributed by atoms with Gasteiger partial charge in [0.25, 0.3) is 5.91 Å². The van der Waals surface area contributed by atoms with Crippen molar-refractivity contribution in [3.05, 3.63) is 119 Å². The molecule has 0 aliphatic heterocycles. The van der Waals surface area contributed by atoms with Crippen molar-refractivity contribution in [3.63, 3.8) is 0 Å². The van der Waals surface area contributed by atoms with Gasteiger partial charge in [-0.3, -0.25) is 4.79 Å². The summed E-state index contributed by atoms with van der Waals surface area (Å²) in [6, 6.07) is 26.5. The normalized spacial score (nSPS) is 10.8. The average Bonchev–Trinajstić information content (AvgIpc) is 3.57. The summed E-state index contributed by atoms with van der Waals surface area (Å²) in [6.45, 7) is 0.368. The first-order chi connectivity index (χ1) is 17.6. The third-order valence-corrected chi connectivity index (χ3v) is 6.24. The molecule has 5 rings (SSSR count). The molecule has 36 heavy (non-hydrogen) atoms. The summed E-state index contributed by atoms with van der Waals surface area (Å²) in [5, 5.41) is 12.8. The number of aromatic nitrogens is 4. The number of ether oxygens (including phenoxy) is 1. The molecule has 5 aromatic rings. The number of nitrogens with one attached hydrogen (secondary N) is 1. The fraction of sp³-hybridized carbons (Fsp3) is 0.0741. The van der Waals surface area contributed by atoms with Crippen LogP contribution in [-0.2, 0) is 13.3 Å². The van der Waals surface area contributed by atoms with Crippen LogP contribution < -0.4 is 10.1 Å². The van der Waals surface area contributed by atoms with Crippen LogP contribution >= 0.6 is 23.2 Å². The van der Waals surface area contributed by atoms with E-state index in [0.29, 0.717) is 15.8 Å². The maximum Gasteiger partial charge on any atom is 0.272 e. The summed E-state index contributed by atoms with van der Waals surface area (Å²) < 4.78 is 9.00. The van der Waals surface area contributed by atoms with Crippen molar-refractivity contribution in [1.29, 1.82) is 0 Å². The summed E-state index contributed by atoms with van der Waals surface area (Å²) >= 11 is 12.2. The number of rotatable bonds is 8. The van der Waals surface area contributed by atoms with E-state index in [4.69, 9.17) is 33.0 Å². The van der Waals surface area contributed by atoms with Gasteiger partial charge in [-0.2, -0.15) is 10.2 Å². The largest absolute Gasteiger partial charge is 0.470 e. The van der Waals surface area contributed by atoms with Crippen LogP contribution in [0.2, 0.25) is 10.0 Å². The lowest BCUT2D eigenvalue weighted by molar-refractivity contribution is 0.0944. The summed E-state index contributed by atoms with van der Waals surface area (Å²) in [6.07, 6.45) is 3.59. The molecule has 0 aliphatic carbocycles. The van der Waals surface area contributed by atoms with Gasteiger partial charge in [0.15, 0.2) is 6.73 Å². The molecule has 0 aliphatic rings. The molecule has 7 nitrogen and oxygen atoms in total. The maximum atomic E-state index is 12.8. The highest BCUT2D eigenvalue weighted by Gasteiger charge is 2.15. The van der Waals surface area contributed by atoms with Crippen LogP contribution in [0, 0.1) is 0 Å². The minimum Gasteiger partial charge on any atom is -0.470 e. The Morgan fingerprint density at radius 2 is 1.64 bits per heavy atom. The first kappa shape index (κ1) is 23.7. The molecule has 0 saturated carbocycles. The Bertz CT molecular complexity index is 1480. The minimum absolute atomic E-state index is 0.0787. The van der Waals surface area contributed by atoms with Crippen LogP contribution in [0.1, 0.15) is 16.1 Å². The van der Waals surface area contributed by atoms with Crippen molar-refractivity contribution in [2.24, 2.45) is 0 Å². The summed E-state index contributed by atoms with van der Waals surface area (Å²) in [5.74, 6) is 0.135. The molecule has 3 aromatic carbocycles. The van der Waals surface area contributed by atoms with Gasteiger partial charge in [0.2, 0.25) is 0 Å². The number of halogens is 2. The van der Waals surface area contributed by atoms with Crippen molar-refractivity contribution in [3.8, 4) is 22.7 Å². The fourth-order valence-corrected chi connectivity index (χ4v) is 3.99. The fourth-order valence-electron chi connectivity index (χ4n) is 3.64. The first-order valence-electron chi connectivity index (χ1n) is 11.2. The second-order valence-corrected chi connectivity index (χ2v) is 8.68. The number of hydrogen-bond acceptors (Lipinski definition) is 4. The van der Waals surface area contributed by atoms with Crippen molar-refractivity contribution >= 4 is 29.1 Å². The van der Waals surface area contributed by atoms with Crippen molar-refractivity contribution in [1.82, 2.24) is 24.9 Å². The van der Waals surface area contributed by atoms with E-state index < -0.39 is 0 Å². The molecule has 0 atom stereocenters. The number of hydrogen-bond donors (Lipinski definition) is 1. The van der Waals surface area contributed by atoms with Gasteiger partial charge in [0.05, 0.1) is 16.4 Å². The zero-order valence-corrected chi connectivity index (χ0v) is 20.5. The Hall–Kier alpha value is -4.07. The summed E-state index contributed by atoms with van der Waals surface area (Å²) in [4.78, 5) is 12.8. The Kier molecular flexibility index (Phi) is 7.02. The summed E-state index contributed by atoms with van der Waals surface area (Å²) in [5.41, 5.74) is 3.87. The average molecular weight is 518 g/mol. The molecule has 0 unspecified atom stereocenters. The van der Waals surface area contributed by atoms with E-state index in [1.807, 2.05) is 71.5 Å². The number of para-hydroxylation sites is 1. The van der Waals surface area contributed by atoms with E-state index >= 15 is 0 Å². The summed E-state index contributed by atoms with van der Waals surface area (Å²) in [7, 11) is 0. The number of carbonyl (C=O) groups excluding carboxylic acids is 1. The third kappa shape index (κ3) is 5.27. The number of amides is 1. The van der Waals surface area contributed by atoms with E-state index in [-0.39, 0.29) is 24.9 Å². The van der Waals surface area contributed by atoms with E-state index in [0.717, 1.165) is 22.5 Å². The van der Waals surface area contributed by atoms with Gasteiger partial charge >= 0.3 is 0 Å². The zero-order chi connectivity index (χ0) is 24.9. The lowest BCUT2D eigenvalue weighted by Crippen LogP contribution is -2.23. The van der Waals surface area contributed by atoms with E-state index in [1.165, 1.54) is 4.68 Å². The quantitative estimate of drug-likeness (QED) is 0.273. The lowest BCUT2D eigenvalue weighted by atomic mass is 10.1. The molecular formula is C27H21Cl2N5O2. The molecule has 2 aromatic heterocycles. The van der Waals surface area contributed by atoms with Crippen LogP contribution in [-0.4, -0.2) is 25.5 Å². The molecule has 1 N–H and O–H groups in total. The Balaban J connectivity index is 1.28. The van der Waals surface area contributed by atoms with Gasteiger partial charge in [0, 0.05) is 30.1 Å². The van der Waals surface area contributed by atoms with Crippen LogP contribution in [0.25, 0.3) is 16.9 Å². The third-order valence-electron chi connectivity index (χ3n) is 5.44. The van der Waals surface area contributed by atoms with Gasteiger partial charge < -0.3 is 10.1 Å². The highest BCUT2D eigenvalue weighted by Crippen LogP contribution is 2.31. The second kappa shape index (κ2) is 10.7. The van der Waals surface area contributed by atoms with Crippen molar-refractivity contribution in [2.45, 2.75) is 13.3 Å². The molecule has 2 heterocycles.